The maximum atomic E-state index is 5.74. The maximum Gasteiger partial charge on any atom is 0.276 e. The SMILES string of the molecule is CC(C)(C)CCSc1nnc(C2CCCNC2)o1. The molecule has 5 heteroatoms. The van der Waals surface area contributed by atoms with Crippen LogP contribution in [0.15, 0.2) is 9.64 Å². The Bertz CT molecular complexity index is 367. The predicted octanol–water partition coefficient (Wildman–Crippen LogP) is 3.06. The van der Waals surface area contributed by atoms with E-state index in [0.29, 0.717) is 11.3 Å². The highest BCUT2D eigenvalue weighted by Crippen LogP contribution is 2.28. The largest absolute Gasteiger partial charge is 0.416 e. The van der Waals surface area contributed by atoms with Crippen molar-refractivity contribution < 1.29 is 4.42 Å². The molecule has 0 aliphatic carbocycles. The second-order valence-corrected chi connectivity index (χ2v) is 7.15. The molecule has 0 saturated carbocycles. The van der Waals surface area contributed by atoms with Crippen LogP contribution in [0.5, 0.6) is 0 Å². The Labute approximate surface area is 113 Å². The van der Waals surface area contributed by atoms with Crippen LogP contribution in [-0.2, 0) is 0 Å². The van der Waals surface area contributed by atoms with Crippen molar-refractivity contribution >= 4 is 11.8 Å². The Balaban J connectivity index is 1.82. The quantitative estimate of drug-likeness (QED) is 0.851. The third-order valence-corrected chi connectivity index (χ3v) is 3.97. The van der Waals surface area contributed by atoms with Crippen LogP contribution in [0.3, 0.4) is 0 Å². The van der Waals surface area contributed by atoms with Gasteiger partial charge in [0.2, 0.25) is 5.89 Å². The summed E-state index contributed by atoms with van der Waals surface area (Å²) in [6.45, 7) is 8.83. The molecule has 1 aliphatic rings. The molecule has 0 amide bonds. The molecule has 2 rings (SSSR count). The smallest absolute Gasteiger partial charge is 0.276 e. The van der Waals surface area contributed by atoms with Crippen molar-refractivity contribution in [3.8, 4) is 0 Å². The second-order valence-electron chi connectivity index (χ2n) is 6.11. The van der Waals surface area contributed by atoms with Gasteiger partial charge in [0, 0.05) is 18.2 Å². The summed E-state index contributed by atoms with van der Waals surface area (Å²) in [6.07, 6.45) is 3.50. The minimum atomic E-state index is 0.364. The van der Waals surface area contributed by atoms with Gasteiger partial charge in [0.05, 0.1) is 0 Å². The maximum absolute atomic E-state index is 5.74. The van der Waals surface area contributed by atoms with E-state index in [1.54, 1.807) is 11.8 Å². The minimum absolute atomic E-state index is 0.364. The molecule has 1 N–H and O–H groups in total. The second kappa shape index (κ2) is 6.06. The van der Waals surface area contributed by atoms with Crippen LogP contribution in [-0.4, -0.2) is 29.0 Å². The van der Waals surface area contributed by atoms with Gasteiger partial charge in [-0.3, -0.25) is 0 Å². The van der Waals surface area contributed by atoms with Gasteiger partial charge in [0.15, 0.2) is 0 Å². The standard InChI is InChI=1S/C13H23N3OS/c1-13(2,3)6-8-18-12-16-15-11(17-12)10-5-4-7-14-9-10/h10,14H,4-9H2,1-3H3. The molecule has 1 aromatic rings. The Morgan fingerprint density at radius 2 is 2.22 bits per heavy atom. The number of hydrogen-bond acceptors (Lipinski definition) is 5. The lowest BCUT2D eigenvalue weighted by molar-refractivity contribution is 0.343. The number of aromatic nitrogens is 2. The lowest BCUT2D eigenvalue weighted by Crippen LogP contribution is -2.28. The Morgan fingerprint density at radius 3 is 2.89 bits per heavy atom. The number of piperidine rings is 1. The summed E-state index contributed by atoms with van der Waals surface area (Å²) in [6, 6.07) is 0. The highest BCUT2D eigenvalue weighted by Gasteiger charge is 2.21. The third-order valence-electron chi connectivity index (χ3n) is 3.15. The molecular weight excluding hydrogens is 246 g/mol. The molecule has 0 spiro atoms. The van der Waals surface area contributed by atoms with Crippen LogP contribution in [0.1, 0.15) is 51.8 Å². The minimum Gasteiger partial charge on any atom is -0.416 e. The topological polar surface area (TPSA) is 51.0 Å². The van der Waals surface area contributed by atoms with E-state index in [4.69, 9.17) is 4.42 Å². The molecule has 1 saturated heterocycles. The van der Waals surface area contributed by atoms with E-state index < -0.39 is 0 Å². The fourth-order valence-corrected chi connectivity index (χ4v) is 3.08. The van der Waals surface area contributed by atoms with E-state index in [0.717, 1.165) is 42.8 Å². The van der Waals surface area contributed by atoms with Crippen LogP contribution in [0.2, 0.25) is 0 Å². The Hall–Kier alpha value is -0.550. The first-order valence-corrected chi connectivity index (χ1v) is 7.70. The van der Waals surface area contributed by atoms with Gasteiger partial charge < -0.3 is 9.73 Å². The fourth-order valence-electron chi connectivity index (χ4n) is 1.95. The molecule has 0 bridgehead atoms. The van der Waals surface area contributed by atoms with Gasteiger partial charge >= 0.3 is 0 Å². The first-order chi connectivity index (χ1) is 8.54. The zero-order valence-electron chi connectivity index (χ0n) is 11.5. The van der Waals surface area contributed by atoms with Crippen molar-refractivity contribution in [1.82, 2.24) is 15.5 Å². The molecule has 4 nitrogen and oxygen atoms in total. The Morgan fingerprint density at radius 1 is 1.39 bits per heavy atom. The lowest BCUT2D eigenvalue weighted by Gasteiger charge is -2.19. The monoisotopic (exact) mass is 269 g/mol. The summed E-state index contributed by atoms with van der Waals surface area (Å²) >= 11 is 1.67. The molecular formula is C13H23N3OS. The van der Waals surface area contributed by atoms with E-state index >= 15 is 0 Å². The molecule has 1 atom stereocenters. The van der Waals surface area contributed by atoms with Gasteiger partial charge in [-0.05, 0) is 31.2 Å². The summed E-state index contributed by atoms with van der Waals surface area (Å²) in [7, 11) is 0. The number of rotatable bonds is 4. The average molecular weight is 269 g/mol. The van der Waals surface area contributed by atoms with E-state index in [-0.39, 0.29) is 0 Å². The zero-order chi connectivity index (χ0) is 13.0. The molecule has 1 unspecified atom stereocenters. The van der Waals surface area contributed by atoms with E-state index in [9.17, 15) is 0 Å². The first-order valence-electron chi connectivity index (χ1n) is 6.71. The van der Waals surface area contributed by atoms with Crippen molar-refractivity contribution in [3.63, 3.8) is 0 Å². The summed E-state index contributed by atoms with van der Waals surface area (Å²) in [5, 5.41) is 12.4. The number of thioether (sulfide) groups is 1. The number of nitrogens with one attached hydrogen (secondary N) is 1. The van der Waals surface area contributed by atoms with Crippen molar-refractivity contribution in [3.05, 3.63) is 5.89 Å². The first kappa shape index (κ1) is 13.9. The van der Waals surface area contributed by atoms with Gasteiger partial charge in [-0.1, -0.05) is 32.5 Å². The third kappa shape index (κ3) is 4.28. The molecule has 1 fully saturated rings. The summed E-state index contributed by atoms with van der Waals surface area (Å²) < 4.78 is 5.74. The van der Waals surface area contributed by atoms with Crippen LogP contribution < -0.4 is 5.32 Å². The molecule has 18 heavy (non-hydrogen) atoms. The van der Waals surface area contributed by atoms with Gasteiger partial charge in [-0.15, -0.1) is 10.2 Å². The Kier molecular flexibility index (Phi) is 4.67. The summed E-state index contributed by atoms with van der Waals surface area (Å²) in [4.78, 5) is 0. The van der Waals surface area contributed by atoms with E-state index in [1.165, 1.54) is 6.42 Å². The predicted molar refractivity (Wildman–Crippen MR) is 73.9 cm³/mol. The van der Waals surface area contributed by atoms with Gasteiger partial charge in [-0.25, -0.2) is 0 Å². The number of hydrogen-bond donors (Lipinski definition) is 1. The molecule has 102 valence electrons. The van der Waals surface area contributed by atoms with Crippen molar-refractivity contribution in [2.45, 2.75) is 51.2 Å². The molecule has 1 aliphatic heterocycles. The average Bonchev–Trinajstić information content (AvgIpc) is 2.77. The van der Waals surface area contributed by atoms with Gasteiger partial charge in [0.1, 0.15) is 0 Å². The molecule has 1 aromatic heterocycles. The fraction of sp³-hybridized carbons (Fsp3) is 0.846. The molecule has 2 heterocycles. The van der Waals surface area contributed by atoms with Crippen LogP contribution in [0, 0.1) is 5.41 Å². The van der Waals surface area contributed by atoms with Crippen LogP contribution in [0.4, 0.5) is 0 Å². The number of nitrogens with zero attached hydrogens (tertiary/aromatic N) is 2. The summed E-state index contributed by atoms with van der Waals surface area (Å²) in [5.74, 6) is 2.25. The van der Waals surface area contributed by atoms with Crippen molar-refractivity contribution in [2.24, 2.45) is 5.41 Å². The van der Waals surface area contributed by atoms with Crippen molar-refractivity contribution in [1.29, 1.82) is 0 Å². The van der Waals surface area contributed by atoms with Crippen molar-refractivity contribution in [2.75, 3.05) is 18.8 Å². The molecule has 0 aromatic carbocycles. The van der Waals surface area contributed by atoms with Gasteiger partial charge in [-0.2, -0.15) is 0 Å². The van der Waals surface area contributed by atoms with Gasteiger partial charge in [0.25, 0.3) is 5.22 Å². The zero-order valence-corrected chi connectivity index (χ0v) is 12.3. The normalized spacial score (nSPS) is 21.2. The van der Waals surface area contributed by atoms with Crippen LogP contribution in [0.25, 0.3) is 0 Å². The summed E-state index contributed by atoms with van der Waals surface area (Å²) in [5.41, 5.74) is 0.364. The lowest BCUT2D eigenvalue weighted by atomic mass is 9.94. The van der Waals surface area contributed by atoms with E-state index in [1.807, 2.05) is 0 Å². The molecule has 0 radical (unpaired) electrons. The van der Waals surface area contributed by atoms with Crippen LogP contribution >= 0.6 is 11.8 Å². The highest BCUT2D eigenvalue weighted by molar-refractivity contribution is 7.99. The van der Waals surface area contributed by atoms with E-state index in [2.05, 4.69) is 36.3 Å². The highest BCUT2D eigenvalue weighted by atomic mass is 32.2.